The van der Waals surface area contributed by atoms with E-state index in [2.05, 4.69) is 34.2 Å². The van der Waals surface area contributed by atoms with Crippen LogP contribution in [0.4, 0.5) is 5.95 Å². The van der Waals surface area contributed by atoms with Crippen LogP contribution in [-0.2, 0) is 6.54 Å². The first-order valence-corrected chi connectivity index (χ1v) is 7.89. The van der Waals surface area contributed by atoms with Crippen molar-refractivity contribution in [2.45, 2.75) is 56.9 Å². The molecular formula is C13H23N3S. The van der Waals surface area contributed by atoms with Crippen LogP contribution in [-0.4, -0.2) is 27.1 Å². The molecule has 1 atom stereocenters. The molecule has 0 radical (unpaired) electrons. The van der Waals surface area contributed by atoms with Gasteiger partial charge in [0.05, 0.1) is 0 Å². The highest BCUT2D eigenvalue weighted by Gasteiger charge is 2.16. The summed E-state index contributed by atoms with van der Waals surface area (Å²) in [4.78, 5) is 4.43. The number of rotatable bonds is 6. The average Bonchev–Trinajstić information content (AvgIpc) is 2.98. The molecule has 0 aliphatic heterocycles. The second-order valence-corrected chi connectivity index (χ2v) is 6.18. The van der Waals surface area contributed by atoms with Gasteiger partial charge in [-0.25, -0.2) is 4.98 Å². The Morgan fingerprint density at radius 1 is 1.53 bits per heavy atom. The van der Waals surface area contributed by atoms with Gasteiger partial charge in [-0.2, -0.15) is 11.8 Å². The van der Waals surface area contributed by atoms with Gasteiger partial charge in [-0.3, -0.25) is 0 Å². The minimum absolute atomic E-state index is 0.647. The SMILES string of the molecule is CSC(C)CCn1ccnc1NC1CCCC1. The third kappa shape index (κ3) is 3.66. The van der Waals surface area contributed by atoms with Crippen LogP contribution >= 0.6 is 11.8 Å². The molecule has 1 aliphatic rings. The first-order valence-electron chi connectivity index (χ1n) is 6.60. The van der Waals surface area contributed by atoms with Gasteiger partial charge in [0.15, 0.2) is 0 Å². The van der Waals surface area contributed by atoms with Crippen molar-refractivity contribution in [2.75, 3.05) is 11.6 Å². The minimum atomic E-state index is 0.647. The van der Waals surface area contributed by atoms with Crippen molar-refractivity contribution >= 4 is 17.7 Å². The first kappa shape index (κ1) is 12.8. The molecule has 0 spiro atoms. The largest absolute Gasteiger partial charge is 0.353 e. The molecule has 1 heterocycles. The van der Waals surface area contributed by atoms with Crippen molar-refractivity contribution in [2.24, 2.45) is 0 Å². The number of hydrogen-bond donors (Lipinski definition) is 1. The zero-order valence-electron chi connectivity index (χ0n) is 10.9. The van der Waals surface area contributed by atoms with Gasteiger partial charge in [-0.05, 0) is 25.5 Å². The van der Waals surface area contributed by atoms with E-state index in [4.69, 9.17) is 0 Å². The lowest BCUT2D eigenvalue weighted by atomic mass is 10.2. The Morgan fingerprint density at radius 3 is 3.00 bits per heavy atom. The van der Waals surface area contributed by atoms with Gasteiger partial charge in [0.25, 0.3) is 0 Å². The molecule has 2 rings (SSSR count). The second-order valence-electron chi connectivity index (χ2n) is 4.90. The third-order valence-electron chi connectivity index (χ3n) is 3.58. The van der Waals surface area contributed by atoms with E-state index >= 15 is 0 Å². The molecule has 1 aliphatic carbocycles. The molecule has 1 saturated carbocycles. The highest BCUT2D eigenvalue weighted by Crippen LogP contribution is 2.22. The zero-order chi connectivity index (χ0) is 12.1. The van der Waals surface area contributed by atoms with Crippen molar-refractivity contribution in [3.8, 4) is 0 Å². The summed E-state index contributed by atoms with van der Waals surface area (Å²) in [5.74, 6) is 1.06. The topological polar surface area (TPSA) is 29.9 Å². The van der Waals surface area contributed by atoms with Crippen LogP contribution in [0.2, 0.25) is 0 Å². The van der Waals surface area contributed by atoms with Crippen LogP contribution in [0.25, 0.3) is 0 Å². The quantitative estimate of drug-likeness (QED) is 0.843. The molecule has 1 unspecified atom stereocenters. The lowest BCUT2D eigenvalue weighted by Crippen LogP contribution is -2.18. The van der Waals surface area contributed by atoms with E-state index in [-0.39, 0.29) is 0 Å². The van der Waals surface area contributed by atoms with E-state index in [9.17, 15) is 0 Å². The molecule has 0 aromatic carbocycles. The van der Waals surface area contributed by atoms with E-state index in [1.807, 2.05) is 18.0 Å². The average molecular weight is 253 g/mol. The normalized spacial score (nSPS) is 18.5. The molecule has 96 valence electrons. The second kappa shape index (κ2) is 6.34. The van der Waals surface area contributed by atoms with Crippen molar-refractivity contribution in [1.82, 2.24) is 9.55 Å². The molecule has 0 amide bonds. The van der Waals surface area contributed by atoms with Crippen LogP contribution in [0.1, 0.15) is 39.0 Å². The summed E-state index contributed by atoms with van der Waals surface area (Å²) in [6, 6.07) is 0.647. The predicted molar refractivity (Wildman–Crippen MR) is 75.7 cm³/mol. The maximum absolute atomic E-state index is 4.43. The van der Waals surface area contributed by atoms with E-state index in [0.29, 0.717) is 6.04 Å². The number of hydrogen-bond acceptors (Lipinski definition) is 3. The molecule has 1 N–H and O–H groups in total. The summed E-state index contributed by atoms with van der Waals surface area (Å²) in [6.45, 7) is 3.35. The van der Waals surface area contributed by atoms with Crippen molar-refractivity contribution in [1.29, 1.82) is 0 Å². The number of nitrogens with zero attached hydrogens (tertiary/aromatic N) is 2. The van der Waals surface area contributed by atoms with Gasteiger partial charge < -0.3 is 9.88 Å². The van der Waals surface area contributed by atoms with E-state index in [0.717, 1.165) is 17.7 Å². The maximum Gasteiger partial charge on any atom is 0.202 e. The zero-order valence-corrected chi connectivity index (χ0v) is 11.7. The summed E-state index contributed by atoms with van der Waals surface area (Å²) < 4.78 is 2.26. The molecule has 3 nitrogen and oxygen atoms in total. The van der Waals surface area contributed by atoms with E-state index in [1.165, 1.54) is 32.1 Å². The smallest absolute Gasteiger partial charge is 0.202 e. The van der Waals surface area contributed by atoms with Gasteiger partial charge in [-0.1, -0.05) is 19.8 Å². The van der Waals surface area contributed by atoms with Crippen LogP contribution in [0, 0.1) is 0 Å². The van der Waals surface area contributed by atoms with Gasteiger partial charge in [-0.15, -0.1) is 0 Å². The predicted octanol–water partition coefficient (Wildman–Crippen LogP) is 3.38. The Kier molecular flexibility index (Phi) is 4.77. The first-order chi connectivity index (χ1) is 8.29. The van der Waals surface area contributed by atoms with Crippen molar-refractivity contribution in [3.05, 3.63) is 12.4 Å². The van der Waals surface area contributed by atoms with Crippen LogP contribution in [0.3, 0.4) is 0 Å². The van der Waals surface area contributed by atoms with Gasteiger partial charge in [0, 0.05) is 30.2 Å². The van der Waals surface area contributed by atoms with Crippen LogP contribution in [0.5, 0.6) is 0 Å². The Balaban J connectivity index is 1.87. The fourth-order valence-corrected chi connectivity index (χ4v) is 2.66. The fourth-order valence-electron chi connectivity index (χ4n) is 2.32. The number of aryl methyl sites for hydroxylation is 1. The minimum Gasteiger partial charge on any atom is -0.353 e. The number of thioether (sulfide) groups is 1. The van der Waals surface area contributed by atoms with E-state index in [1.54, 1.807) is 0 Å². The fraction of sp³-hybridized carbons (Fsp3) is 0.769. The van der Waals surface area contributed by atoms with Gasteiger partial charge in [0.2, 0.25) is 5.95 Å². The molecule has 0 bridgehead atoms. The summed E-state index contributed by atoms with van der Waals surface area (Å²) >= 11 is 1.93. The number of imidazole rings is 1. The van der Waals surface area contributed by atoms with Crippen LogP contribution in [0.15, 0.2) is 12.4 Å². The maximum atomic E-state index is 4.43. The monoisotopic (exact) mass is 253 g/mol. The standard InChI is InChI=1S/C13H23N3S/c1-11(17-2)7-9-16-10-8-14-13(16)15-12-5-3-4-6-12/h8,10-12H,3-7,9H2,1-2H3,(H,14,15). The number of anilines is 1. The Morgan fingerprint density at radius 2 is 2.29 bits per heavy atom. The lowest BCUT2D eigenvalue weighted by Gasteiger charge is -2.15. The lowest BCUT2D eigenvalue weighted by molar-refractivity contribution is 0.633. The molecule has 4 heteroatoms. The number of nitrogens with one attached hydrogen (secondary N) is 1. The summed E-state index contributed by atoms with van der Waals surface area (Å²) in [5.41, 5.74) is 0. The molecule has 17 heavy (non-hydrogen) atoms. The van der Waals surface area contributed by atoms with Gasteiger partial charge >= 0.3 is 0 Å². The summed E-state index contributed by atoms with van der Waals surface area (Å²) in [7, 11) is 0. The van der Waals surface area contributed by atoms with Crippen molar-refractivity contribution in [3.63, 3.8) is 0 Å². The van der Waals surface area contributed by atoms with E-state index < -0.39 is 0 Å². The Labute approximate surface area is 108 Å². The summed E-state index contributed by atoms with van der Waals surface area (Å²) in [5, 5.41) is 4.30. The highest BCUT2D eigenvalue weighted by molar-refractivity contribution is 7.99. The van der Waals surface area contributed by atoms with Gasteiger partial charge in [0.1, 0.15) is 0 Å². The highest BCUT2D eigenvalue weighted by atomic mass is 32.2. The van der Waals surface area contributed by atoms with Crippen molar-refractivity contribution < 1.29 is 0 Å². The Bertz CT molecular complexity index is 331. The molecule has 0 saturated heterocycles. The Hall–Kier alpha value is -0.640. The molecular weight excluding hydrogens is 230 g/mol. The third-order valence-corrected chi connectivity index (χ3v) is 4.62. The van der Waals surface area contributed by atoms with Crippen LogP contribution < -0.4 is 5.32 Å². The molecule has 1 aromatic heterocycles. The summed E-state index contributed by atoms with van der Waals surface area (Å²) in [6.07, 6.45) is 12.7. The molecule has 1 aromatic rings. The molecule has 1 fully saturated rings. The number of aromatic nitrogens is 2.